The maximum Gasteiger partial charge on any atom is 0.180 e. The van der Waals surface area contributed by atoms with Crippen molar-refractivity contribution in [2.75, 3.05) is 23.3 Å². The molecule has 0 bridgehead atoms. The van der Waals surface area contributed by atoms with Crippen molar-refractivity contribution in [3.63, 3.8) is 0 Å². The molecule has 0 radical (unpaired) electrons. The fourth-order valence-electron chi connectivity index (χ4n) is 1.54. The van der Waals surface area contributed by atoms with Crippen molar-refractivity contribution in [1.82, 2.24) is 0 Å². The summed E-state index contributed by atoms with van der Waals surface area (Å²) in [6, 6.07) is 4.93. The molecule has 0 saturated heterocycles. The third kappa shape index (κ3) is 1.55. The molecule has 0 fully saturated rings. The van der Waals surface area contributed by atoms with Gasteiger partial charge in [0.05, 0.1) is 16.3 Å². The SMILES string of the molecule is Nc1ccc2c(c1)S(=O)(=O)CCCN2. The van der Waals surface area contributed by atoms with E-state index in [2.05, 4.69) is 5.32 Å². The smallest absolute Gasteiger partial charge is 0.180 e. The fourth-order valence-corrected chi connectivity index (χ4v) is 3.07. The molecule has 1 aliphatic heterocycles. The highest BCUT2D eigenvalue weighted by Crippen LogP contribution is 2.27. The zero-order valence-electron chi connectivity index (χ0n) is 7.66. The van der Waals surface area contributed by atoms with Gasteiger partial charge in [-0.1, -0.05) is 0 Å². The summed E-state index contributed by atoms with van der Waals surface area (Å²) in [6.45, 7) is 0.691. The lowest BCUT2D eigenvalue weighted by Gasteiger charge is -2.07. The summed E-state index contributed by atoms with van der Waals surface area (Å²) in [5, 5.41) is 3.07. The van der Waals surface area contributed by atoms with Gasteiger partial charge in [0.2, 0.25) is 0 Å². The number of nitrogen functional groups attached to an aromatic ring is 1. The molecule has 3 N–H and O–H groups in total. The number of anilines is 2. The van der Waals surface area contributed by atoms with Gasteiger partial charge in [0.1, 0.15) is 0 Å². The van der Waals surface area contributed by atoms with Gasteiger partial charge in [-0.2, -0.15) is 0 Å². The van der Waals surface area contributed by atoms with E-state index in [-0.39, 0.29) is 5.75 Å². The highest BCUT2D eigenvalue weighted by molar-refractivity contribution is 7.91. The van der Waals surface area contributed by atoms with Crippen LogP contribution in [0.2, 0.25) is 0 Å². The van der Waals surface area contributed by atoms with E-state index in [0.717, 1.165) is 0 Å². The summed E-state index contributed by atoms with van der Waals surface area (Å²) in [5.41, 5.74) is 6.71. The normalized spacial score (nSPS) is 19.1. The summed E-state index contributed by atoms with van der Waals surface area (Å²) in [7, 11) is -3.14. The van der Waals surface area contributed by atoms with Crippen molar-refractivity contribution < 1.29 is 8.42 Å². The molecule has 14 heavy (non-hydrogen) atoms. The van der Waals surface area contributed by atoms with Crippen LogP contribution in [-0.2, 0) is 9.84 Å². The summed E-state index contributed by atoms with van der Waals surface area (Å²) >= 11 is 0. The minimum atomic E-state index is -3.14. The molecule has 0 aromatic heterocycles. The third-order valence-corrected chi connectivity index (χ3v) is 4.08. The lowest BCUT2D eigenvalue weighted by molar-refractivity contribution is 0.596. The first-order chi connectivity index (χ1) is 6.59. The Hall–Kier alpha value is -1.23. The Balaban J connectivity index is 2.64. The summed E-state index contributed by atoms with van der Waals surface area (Å²) in [5.74, 6) is 0.191. The van der Waals surface area contributed by atoms with Gasteiger partial charge in [0, 0.05) is 12.2 Å². The van der Waals surface area contributed by atoms with Crippen LogP contribution >= 0.6 is 0 Å². The van der Waals surface area contributed by atoms with Crippen LogP contribution in [0.15, 0.2) is 23.1 Å². The van der Waals surface area contributed by atoms with E-state index in [0.29, 0.717) is 29.2 Å². The van der Waals surface area contributed by atoms with E-state index < -0.39 is 9.84 Å². The van der Waals surface area contributed by atoms with Crippen LogP contribution in [0, 0.1) is 0 Å². The van der Waals surface area contributed by atoms with E-state index in [1.807, 2.05) is 0 Å². The first-order valence-electron chi connectivity index (χ1n) is 4.46. The monoisotopic (exact) mass is 212 g/mol. The van der Waals surface area contributed by atoms with Gasteiger partial charge in [-0.3, -0.25) is 0 Å². The Morgan fingerprint density at radius 3 is 2.93 bits per heavy atom. The Labute approximate surface area is 83.0 Å². The first-order valence-corrected chi connectivity index (χ1v) is 6.11. The van der Waals surface area contributed by atoms with Crippen molar-refractivity contribution in [2.45, 2.75) is 11.3 Å². The number of benzene rings is 1. The molecule has 76 valence electrons. The van der Waals surface area contributed by atoms with Crippen molar-refractivity contribution in [1.29, 1.82) is 0 Å². The minimum Gasteiger partial charge on any atom is -0.399 e. The molecule has 2 rings (SSSR count). The second kappa shape index (κ2) is 3.16. The van der Waals surface area contributed by atoms with Crippen molar-refractivity contribution in [3.8, 4) is 0 Å². The van der Waals surface area contributed by atoms with Crippen LogP contribution in [0.1, 0.15) is 6.42 Å². The second-order valence-electron chi connectivity index (χ2n) is 3.35. The molecule has 1 aliphatic rings. The van der Waals surface area contributed by atoms with Crippen LogP contribution in [0.4, 0.5) is 11.4 Å². The minimum absolute atomic E-state index is 0.191. The van der Waals surface area contributed by atoms with Gasteiger partial charge in [0.15, 0.2) is 9.84 Å². The molecule has 0 atom stereocenters. The lowest BCUT2D eigenvalue weighted by atomic mass is 10.3. The number of sulfone groups is 1. The van der Waals surface area contributed by atoms with Gasteiger partial charge < -0.3 is 11.1 Å². The second-order valence-corrected chi connectivity index (χ2v) is 5.43. The molecule has 0 amide bonds. The van der Waals surface area contributed by atoms with E-state index >= 15 is 0 Å². The van der Waals surface area contributed by atoms with Crippen molar-refractivity contribution in [3.05, 3.63) is 18.2 Å². The molecule has 1 aromatic rings. The number of nitrogens with one attached hydrogen (secondary N) is 1. The van der Waals surface area contributed by atoms with Gasteiger partial charge in [-0.25, -0.2) is 8.42 Å². The quantitative estimate of drug-likeness (QED) is 0.626. The van der Waals surface area contributed by atoms with Crippen LogP contribution in [0.3, 0.4) is 0 Å². The maximum atomic E-state index is 11.7. The van der Waals surface area contributed by atoms with E-state index in [1.54, 1.807) is 12.1 Å². The van der Waals surface area contributed by atoms with E-state index in [1.165, 1.54) is 6.07 Å². The highest BCUT2D eigenvalue weighted by atomic mass is 32.2. The molecule has 0 aliphatic carbocycles. The van der Waals surface area contributed by atoms with Crippen molar-refractivity contribution >= 4 is 21.2 Å². The maximum absolute atomic E-state index is 11.7. The van der Waals surface area contributed by atoms with Gasteiger partial charge in [-0.15, -0.1) is 0 Å². The number of hydrogen-bond donors (Lipinski definition) is 2. The standard InChI is InChI=1S/C9H12N2O2S/c10-7-2-3-8-9(6-7)14(12,13)5-1-4-11-8/h2-3,6,11H,1,4-5,10H2. The molecule has 1 heterocycles. The Bertz CT molecular complexity index is 454. The summed E-state index contributed by atoms with van der Waals surface area (Å²) < 4.78 is 23.5. The molecule has 4 nitrogen and oxygen atoms in total. The summed E-state index contributed by atoms with van der Waals surface area (Å²) in [6.07, 6.45) is 0.636. The highest BCUT2D eigenvalue weighted by Gasteiger charge is 2.21. The average Bonchev–Trinajstić information content (AvgIpc) is 2.26. The topological polar surface area (TPSA) is 72.2 Å². The zero-order valence-corrected chi connectivity index (χ0v) is 8.47. The summed E-state index contributed by atoms with van der Waals surface area (Å²) in [4.78, 5) is 0.329. The molecular formula is C9H12N2O2S. The third-order valence-electron chi connectivity index (χ3n) is 2.25. The average molecular weight is 212 g/mol. The molecule has 1 aromatic carbocycles. The number of fused-ring (bicyclic) bond motifs is 1. The molecule has 5 heteroatoms. The van der Waals surface area contributed by atoms with Crippen LogP contribution in [0.25, 0.3) is 0 Å². The zero-order chi connectivity index (χ0) is 10.2. The Morgan fingerprint density at radius 2 is 2.14 bits per heavy atom. The predicted octanol–water partition coefficient (Wildman–Crippen LogP) is 0.858. The molecule has 0 saturated carbocycles. The van der Waals surface area contributed by atoms with Crippen LogP contribution in [-0.4, -0.2) is 20.7 Å². The predicted molar refractivity (Wildman–Crippen MR) is 56.0 cm³/mol. The van der Waals surface area contributed by atoms with Gasteiger partial charge in [-0.05, 0) is 24.6 Å². The van der Waals surface area contributed by atoms with Gasteiger partial charge >= 0.3 is 0 Å². The lowest BCUT2D eigenvalue weighted by Crippen LogP contribution is -2.05. The largest absolute Gasteiger partial charge is 0.399 e. The van der Waals surface area contributed by atoms with E-state index in [4.69, 9.17) is 5.73 Å². The van der Waals surface area contributed by atoms with Crippen molar-refractivity contribution in [2.24, 2.45) is 0 Å². The number of hydrogen-bond acceptors (Lipinski definition) is 4. The van der Waals surface area contributed by atoms with Crippen LogP contribution < -0.4 is 11.1 Å². The van der Waals surface area contributed by atoms with E-state index in [9.17, 15) is 8.42 Å². The van der Waals surface area contributed by atoms with Crippen LogP contribution in [0.5, 0.6) is 0 Å². The number of nitrogens with two attached hydrogens (primary N) is 1. The Morgan fingerprint density at radius 1 is 1.36 bits per heavy atom. The first kappa shape index (κ1) is 9.33. The fraction of sp³-hybridized carbons (Fsp3) is 0.333. The molecule has 0 unspecified atom stereocenters. The van der Waals surface area contributed by atoms with Gasteiger partial charge in [0.25, 0.3) is 0 Å². The molecular weight excluding hydrogens is 200 g/mol. The Kier molecular flexibility index (Phi) is 2.11. The number of rotatable bonds is 0. The molecule has 0 spiro atoms.